The number of ketones is 2. The minimum atomic E-state index is -1.63. The number of rotatable bonds is 5. The van der Waals surface area contributed by atoms with Gasteiger partial charge in [0, 0.05) is 23.7 Å². The Hall–Kier alpha value is -1.79. The predicted molar refractivity (Wildman–Crippen MR) is 118 cm³/mol. The van der Waals surface area contributed by atoms with E-state index >= 15 is 0 Å². The van der Waals surface area contributed by atoms with Crippen LogP contribution in [0.4, 0.5) is 0 Å². The fourth-order valence-corrected chi connectivity index (χ4v) is 7.99. The molecule has 32 heavy (non-hydrogen) atoms. The summed E-state index contributed by atoms with van der Waals surface area (Å²) in [7, 11) is 0. The van der Waals surface area contributed by atoms with Gasteiger partial charge in [0.15, 0.2) is 12.4 Å². The lowest BCUT2D eigenvalue weighted by molar-refractivity contribution is -0.187. The van der Waals surface area contributed by atoms with Gasteiger partial charge in [-0.15, -0.1) is 0 Å². The minimum Gasteiger partial charge on any atom is -0.458 e. The summed E-state index contributed by atoms with van der Waals surface area (Å²) in [5, 5.41) is 23.5. The summed E-state index contributed by atoms with van der Waals surface area (Å²) in [6.45, 7) is 6.92. The van der Waals surface area contributed by atoms with E-state index in [0.717, 1.165) is 31.3 Å². The Bertz CT molecular complexity index is 889. The Morgan fingerprint density at radius 1 is 1.28 bits per heavy atom. The Morgan fingerprint density at radius 3 is 2.66 bits per heavy atom. The topological polar surface area (TPSA) is 101 Å². The molecule has 2 N–H and O–H groups in total. The molecule has 6 heteroatoms. The van der Waals surface area contributed by atoms with Crippen molar-refractivity contribution in [2.75, 3.05) is 6.61 Å². The van der Waals surface area contributed by atoms with Gasteiger partial charge in [-0.05, 0) is 62.0 Å². The number of carbonyl (C=O) groups excluding carboxylic acids is 3. The van der Waals surface area contributed by atoms with Crippen LogP contribution in [-0.2, 0) is 19.1 Å². The molecule has 4 aliphatic rings. The molecule has 3 fully saturated rings. The van der Waals surface area contributed by atoms with E-state index in [1.807, 2.05) is 19.9 Å². The number of aliphatic hydroxyl groups is 2. The largest absolute Gasteiger partial charge is 0.458 e. The molecule has 0 amide bonds. The molecule has 0 radical (unpaired) electrons. The number of hydrogen-bond donors (Lipinski definition) is 2. The molecule has 0 heterocycles. The van der Waals surface area contributed by atoms with Gasteiger partial charge in [0.05, 0.1) is 6.10 Å². The monoisotopic (exact) mass is 444 g/mol. The zero-order valence-corrected chi connectivity index (χ0v) is 19.6. The molecule has 176 valence electrons. The molecular formula is C26H36O6. The van der Waals surface area contributed by atoms with Crippen molar-refractivity contribution in [1.29, 1.82) is 0 Å². The van der Waals surface area contributed by atoms with Gasteiger partial charge in [0.25, 0.3) is 0 Å². The maximum atomic E-state index is 13.3. The minimum absolute atomic E-state index is 0.000354. The van der Waals surface area contributed by atoms with Gasteiger partial charge in [-0.1, -0.05) is 38.8 Å². The number of hydrogen-bond acceptors (Lipinski definition) is 6. The van der Waals surface area contributed by atoms with Gasteiger partial charge in [0.1, 0.15) is 5.60 Å². The Labute approximate surface area is 190 Å². The number of allylic oxidation sites excluding steroid dienone is 4. The van der Waals surface area contributed by atoms with Crippen LogP contribution in [0.1, 0.15) is 66.2 Å². The molecule has 0 aromatic rings. The predicted octanol–water partition coefficient (Wildman–Crippen LogP) is 3.15. The quantitative estimate of drug-likeness (QED) is 0.632. The standard InChI is InChI=1S/C26H36O6/c1-5-6-17-12-20-19-8-7-16-11-18(28)9-10-24(16,3)23(19)21(29)13-25(20,4)26(17,31)22(30)14-32-15(2)27/h9-11,17,19-21,23,29,31H,5-8,12-14H2,1-4H3/t17-,19-,20-,21-,23+,24-,25-,26-/m0/s1. The first-order valence-electron chi connectivity index (χ1n) is 12.0. The number of aliphatic hydroxyl groups excluding tert-OH is 1. The fourth-order valence-electron chi connectivity index (χ4n) is 7.99. The summed E-state index contributed by atoms with van der Waals surface area (Å²) < 4.78 is 5.00. The SMILES string of the molecule is CCC[C@H]1C[C@H]2[C@@H]3CCC4=CC(=O)C=C[C@]4(C)[C@H]3[C@@H](O)C[C@]2(C)[C@@]1(O)C(=O)COC(C)=O. The molecule has 0 aromatic heterocycles. The van der Waals surface area contributed by atoms with Crippen LogP contribution in [0.15, 0.2) is 23.8 Å². The molecule has 0 aliphatic heterocycles. The summed E-state index contributed by atoms with van der Waals surface area (Å²) in [6.07, 6.45) is 8.78. The lowest BCUT2D eigenvalue weighted by Gasteiger charge is -2.59. The van der Waals surface area contributed by atoms with E-state index in [1.165, 1.54) is 6.92 Å². The third kappa shape index (κ3) is 3.17. The van der Waals surface area contributed by atoms with Gasteiger partial charge in [-0.2, -0.15) is 0 Å². The highest BCUT2D eigenvalue weighted by molar-refractivity contribution is 6.01. The second kappa shape index (κ2) is 7.91. The van der Waals surface area contributed by atoms with E-state index in [0.29, 0.717) is 12.8 Å². The van der Waals surface area contributed by atoms with Crippen molar-refractivity contribution in [2.24, 2.45) is 34.5 Å². The van der Waals surface area contributed by atoms with Gasteiger partial charge < -0.3 is 14.9 Å². The van der Waals surface area contributed by atoms with Crippen LogP contribution in [0.2, 0.25) is 0 Å². The zero-order chi connectivity index (χ0) is 23.5. The first kappa shape index (κ1) is 23.4. The molecule has 3 saturated carbocycles. The van der Waals surface area contributed by atoms with E-state index in [4.69, 9.17) is 4.74 Å². The molecule has 0 bridgehead atoms. The van der Waals surface area contributed by atoms with E-state index in [1.54, 1.807) is 12.2 Å². The molecular weight excluding hydrogens is 408 g/mol. The van der Waals surface area contributed by atoms with Gasteiger partial charge >= 0.3 is 5.97 Å². The second-order valence-electron chi connectivity index (χ2n) is 10.9. The first-order chi connectivity index (χ1) is 15.0. The highest BCUT2D eigenvalue weighted by Gasteiger charge is 2.71. The van der Waals surface area contributed by atoms with Crippen molar-refractivity contribution in [1.82, 2.24) is 0 Å². The third-order valence-corrected chi connectivity index (χ3v) is 9.35. The summed E-state index contributed by atoms with van der Waals surface area (Å²) in [5.74, 6) is -1.08. The molecule has 4 aliphatic carbocycles. The number of ether oxygens (including phenoxy) is 1. The summed E-state index contributed by atoms with van der Waals surface area (Å²) in [5.41, 5.74) is -1.74. The summed E-state index contributed by atoms with van der Waals surface area (Å²) in [4.78, 5) is 36.7. The van der Waals surface area contributed by atoms with Crippen molar-refractivity contribution in [2.45, 2.75) is 77.9 Å². The van der Waals surface area contributed by atoms with Crippen molar-refractivity contribution in [3.05, 3.63) is 23.8 Å². The smallest absolute Gasteiger partial charge is 0.303 e. The van der Waals surface area contributed by atoms with Crippen LogP contribution in [0.3, 0.4) is 0 Å². The number of fused-ring (bicyclic) bond motifs is 5. The van der Waals surface area contributed by atoms with Crippen molar-refractivity contribution < 1.29 is 29.3 Å². The van der Waals surface area contributed by atoms with Gasteiger partial charge in [-0.3, -0.25) is 14.4 Å². The van der Waals surface area contributed by atoms with Crippen molar-refractivity contribution in [3.8, 4) is 0 Å². The third-order valence-electron chi connectivity index (χ3n) is 9.35. The van der Waals surface area contributed by atoms with Crippen LogP contribution in [0.5, 0.6) is 0 Å². The van der Waals surface area contributed by atoms with E-state index in [2.05, 4.69) is 6.92 Å². The maximum Gasteiger partial charge on any atom is 0.303 e. The van der Waals surface area contributed by atoms with Crippen molar-refractivity contribution in [3.63, 3.8) is 0 Å². The summed E-state index contributed by atoms with van der Waals surface area (Å²) >= 11 is 0. The molecule has 6 nitrogen and oxygen atoms in total. The molecule has 0 unspecified atom stereocenters. The number of esters is 1. The van der Waals surface area contributed by atoms with Crippen LogP contribution in [-0.4, -0.2) is 46.1 Å². The highest BCUT2D eigenvalue weighted by Crippen LogP contribution is 2.68. The van der Waals surface area contributed by atoms with Crippen LogP contribution < -0.4 is 0 Å². The van der Waals surface area contributed by atoms with Crippen LogP contribution >= 0.6 is 0 Å². The highest BCUT2D eigenvalue weighted by atomic mass is 16.5. The Morgan fingerprint density at radius 2 is 2.00 bits per heavy atom. The lowest BCUT2D eigenvalue weighted by Crippen LogP contribution is -2.63. The molecule has 8 atom stereocenters. The van der Waals surface area contributed by atoms with Gasteiger partial charge in [-0.25, -0.2) is 0 Å². The first-order valence-corrected chi connectivity index (χ1v) is 12.0. The summed E-state index contributed by atoms with van der Waals surface area (Å²) in [6, 6.07) is 0. The van der Waals surface area contributed by atoms with E-state index in [-0.39, 0.29) is 34.9 Å². The maximum absolute atomic E-state index is 13.3. The lowest BCUT2D eigenvalue weighted by atomic mass is 9.46. The van der Waals surface area contributed by atoms with Gasteiger partial charge in [0.2, 0.25) is 5.78 Å². The van der Waals surface area contributed by atoms with Crippen molar-refractivity contribution >= 4 is 17.5 Å². The second-order valence-corrected chi connectivity index (χ2v) is 10.9. The molecule has 0 spiro atoms. The van der Waals surface area contributed by atoms with Crippen LogP contribution in [0, 0.1) is 34.5 Å². The molecule has 0 aromatic carbocycles. The average Bonchev–Trinajstić information content (AvgIpc) is 2.94. The Balaban J connectivity index is 1.73. The Kier molecular flexibility index (Phi) is 5.78. The number of Topliss-reactive ketones (excluding diaryl/α,β-unsaturated/α-hetero) is 1. The normalized spacial score (nSPS) is 44.9. The van der Waals surface area contributed by atoms with E-state index < -0.39 is 35.5 Å². The van der Waals surface area contributed by atoms with E-state index in [9.17, 15) is 24.6 Å². The zero-order valence-electron chi connectivity index (χ0n) is 19.6. The molecule has 0 saturated heterocycles. The molecule has 4 rings (SSSR count). The van der Waals surface area contributed by atoms with Crippen LogP contribution in [0.25, 0.3) is 0 Å². The number of carbonyl (C=O) groups is 3. The fraction of sp³-hybridized carbons (Fsp3) is 0.731. The average molecular weight is 445 g/mol.